The number of ether oxygens (including phenoxy) is 2. The van der Waals surface area contributed by atoms with Crippen LogP contribution in [0.15, 0.2) is 59.2 Å². The smallest absolute Gasteiger partial charge is 0.339 e. The molecule has 15 nitrogen and oxygen atoms in total. The molecule has 630 valence electrons. The Morgan fingerprint density at radius 1 is 0.368 bits per heavy atom. The van der Waals surface area contributed by atoms with E-state index in [1.165, 1.54) is 36.0 Å². The number of ketones is 3. The molecule has 16 rings (SSSR count). The van der Waals surface area contributed by atoms with E-state index in [0.717, 1.165) is 148 Å². The van der Waals surface area contributed by atoms with Crippen molar-refractivity contribution in [3.63, 3.8) is 0 Å². The number of carboxylic acid groups (broad SMARTS) is 3. The third kappa shape index (κ3) is 11.7. The Balaban J connectivity index is 0.000000143. The van der Waals surface area contributed by atoms with E-state index in [0.29, 0.717) is 43.3 Å². The first-order chi connectivity index (χ1) is 52.5. The van der Waals surface area contributed by atoms with Gasteiger partial charge in [-0.1, -0.05) is 153 Å². The van der Waals surface area contributed by atoms with Gasteiger partial charge in [0.2, 0.25) is 0 Å². The molecule has 15 aliphatic carbocycles. The number of hydrogen-bond donors (Lipinski definition) is 5. The molecule has 0 bridgehead atoms. The molecule has 1 aromatic rings. The average molecular weight is 1570 g/mol. The molecule has 15 heteroatoms. The fraction of sp³-hybridized carbons (Fsp3) is 0.798. The molecule has 1 aromatic carbocycles. The Hall–Kier alpha value is -5.28. The van der Waals surface area contributed by atoms with Crippen LogP contribution >= 0.6 is 0 Å². The zero-order valence-corrected chi connectivity index (χ0v) is 73.9. The molecule has 5 N–H and O–H groups in total. The summed E-state index contributed by atoms with van der Waals surface area (Å²) in [4.78, 5) is 106. The lowest BCUT2D eigenvalue weighted by Crippen LogP contribution is -2.66. The van der Waals surface area contributed by atoms with Gasteiger partial charge in [0.15, 0.2) is 17.3 Å². The number of esters is 2. The predicted octanol–water partition coefficient (Wildman–Crippen LogP) is 20.9. The van der Waals surface area contributed by atoms with E-state index in [2.05, 4.69) is 138 Å². The molecular formula is C99H144O15. The highest BCUT2D eigenvalue weighted by Gasteiger charge is 2.75. The first kappa shape index (κ1) is 85.1. The van der Waals surface area contributed by atoms with Gasteiger partial charge in [-0.25, -0.2) is 9.59 Å². The van der Waals surface area contributed by atoms with E-state index in [-0.39, 0.29) is 158 Å². The number of aliphatic carboxylic acids is 2. The SMILES string of the molecule is CC1(C)[C@@H](O)CC[C@]2(C)[C@H]3C(=O)C=C4[C@@H]5C[C@@](C)(C(=O)O)CC[C@]5(C)CC[C@@]4(C)[C@]3(C)CC[C@@H]12.CC1(C)[C@@H](OC(=O)c2ccccc2C(=O)O)CC[C@]2(C)[C@H]3C(=O)C=C4[C@@H]5C[C@@](C)(C(=O)O)CC[C@]5(C)CC[C@@]4(C)[C@]3(C)CC[C@@H]12.COC(=O)[C@@]1(C)CC[C@]2(C)CC[C@]3(C)C(=CC(=O)[C@@H]4[C@@]5(C)CC[C@H](O)C(C)(C)[C@@H]5CC[C@]43C)[C@@H]2C1. The van der Waals surface area contributed by atoms with E-state index in [4.69, 9.17) is 9.47 Å². The molecule has 0 aliphatic heterocycles. The van der Waals surface area contributed by atoms with Crippen LogP contribution < -0.4 is 0 Å². The number of aromatic carboxylic acids is 1. The maximum atomic E-state index is 14.6. The molecule has 114 heavy (non-hydrogen) atoms. The lowest BCUT2D eigenvalue weighted by Gasteiger charge is -2.70. The average Bonchev–Trinajstić information content (AvgIpc) is 0.691. The monoisotopic (exact) mass is 1570 g/mol. The molecule has 15 aliphatic rings. The van der Waals surface area contributed by atoms with Gasteiger partial charge in [-0.05, 0) is 336 Å². The second kappa shape index (κ2) is 26.9. The zero-order chi connectivity index (χ0) is 83.9. The third-order valence-electron chi connectivity index (χ3n) is 41.0. The van der Waals surface area contributed by atoms with E-state index in [1.54, 1.807) is 12.1 Å². The maximum absolute atomic E-state index is 14.6. The highest BCUT2D eigenvalue weighted by atomic mass is 16.5. The molecule has 27 atom stereocenters. The first-order valence-corrected chi connectivity index (χ1v) is 44.7. The summed E-state index contributed by atoms with van der Waals surface area (Å²) in [6, 6.07) is 6.17. The van der Waals surface area contributed by atoms with Gasteiger partial charge in [-0.15, -0.1) is 0 Å². The summed E-state index contributed by atoms with van der Waals surface area (Å²) in [5.41, 5.74) is -0.0379. The number of rotatable bonds is 6. The minimum Gasteiger partial charge on any atom is -0.481 e. The minimum atomic E-state index is -1.16. The number of hydrogen-bond acceptors (Lipinski definition) is 12. The number of fused-ring (bicyclic) bond motifs is 21. The maximum Gasteiger partial charge on any atom is 0.339 e. The predicted molar refractivity (Wildman–Crippen MR) is 440 cm³/mol. The van der Waals surface area contributed by atoms with Crippen molar-refractivity contribution < 1.29 is 73.4 Å². The van der Waals surface area contributed by atoms with E-state index < -0.39 is 51.6 Å². The van der Waals surface area contributed by atoms with Crippen LogP contribution in [0.5, 0.6) is 0 Å². The fourth-order valence-electron chi connectivity index (χ4n) is 32.6. The highest BCUT2D eigenvalue weighted by Crippen LogP contribution is 2.80. The van der Waals surface area contributed by atoms with Gasteiger partial charge in [-0.3, -0.25) is 28.8 Å². The molecule has 12 saturated carbocycles. The molecule has 0 saturated heterocycles. The van der Waals surface area contributed by atoms with Crippen LogP contribution in [0.25, 0.3) is 0 Å². The normalized spacial score (nSPS) is 49.5. The summed E-state index contributed by atoms with van der Waals surface area (Å²) in [5.74, 6) is -1.43. The topological polar surface area (TPSA) is 256 Å². The Kier molecular flexibility index (Phi) is 20.1. The van der Waals surface area contributed by atoms with Crippen molar-refractivity contribution in [3.05, 3.63) is 70.3 Å². The lowest BCUT2D eigenvalue weighted by atomic mass is 9.33. The second-order valence-electron chi connectivity index (χ2n) is 47.2. The number of carboxylic acids is 3. The number of carbonyl (C=O) groups is 8. The Bertz CT molecular complexity index is 4290. The summed E-state index contributed by atoms with van der Waals surface area (Å²) in [6.07, 6.45) is 29.3. The van der Waals surface area contributed by atoms with Gasteiger partial charge in [-0.2, -0.15) is 0 Å². The van der Waals surface area contributed by atoms with Gasteiger partial charge < -0.3 is 35.0 Å². The van der Waals surface area contributed by atoms with Crippen molar-refractivity contribution in [1.29, 1.82) is 0 Å². The Labute approximate surface area is 682 Å². The highest BCUT2D eigenvalue weighted by molar-refractivity contribution is 6.02. The van der Waals surface area contributed by atoms with Gasteiger partial charge in [0, 0.05) is 23.2 Å². The van der Waals surface area contributed by atoms with Gasteiger partial charge in [0.1, 0.15) is 6.10 Å². The summed E-state index contributed by atoms with van der Waals surface area (Å²) in [7, 11) is 1.50. The minimum absolute atomic E-state index is 0.00536. The van der Waals surface area contributed by atoms with Crippen molar-refractivity contribution in [2.24, 2.45) is 151 Å². The summed E-state index contributed by atoms with van der Waals surface area (Å²) < 4.78 is 11.4. The lowest BCUT2D eigenvalue weighted by molar-refractivity contribution is -0.203. The van der Waals surface area contributed by atoms with Crippen LogP contribution in [0, 0.1) is 151 Å². The molecule has 0 amide bonds. The van der Waals surface area contributed by atoms with Crippen molar-refractivity contribution in [3.8, 4) is 0 Å². The van der Waals surface area contributed by atoms with Crippen molar-refractivity contribution >= 4 is 47.2 Å². The molecular weight excluding hydrogens is 1430 g/mol. The molecule has 12 fully saturated rings. The van der Waals surface area contributed by atoms with Crippen LogP contribution in [0.1, 0.15) is 339 Å². The number of benzene rings is 1. The summed E-state index contributed by atoms with van der Waals surface area (Å²) in [5, 5.41) is 51.6. The number of methoxy groups -OCH3 is 1. The molecule has 0 heterocycles. The van der Waals surface area contributed by atoms with E-state index in [9.17, 15) is 63.9 Å². The third-order valence-corrected chi connectivity index (χ3v) is 41.0. The van der Waals surface area contributed by atoms with E-state index in [1.807, 2.05) is 26.0 Å². The number of aliphatic hydroxyl groups is 2. The van der Waals surface area contributed by atoms with Crippen LogP contribution in [0.3, 0.4) is 0 Å². The Morgan fingerprint density at radius 3 is 1.01 bits per heavy atom. The molecule has 0 spiro atoms. The van der Waals surface area contributed by atoms with Crippen LogP contribution in [0.4, 0.5) is 0 Å². The van der Waals surface area contributed by atoms with E-state index >= 15 is 0 Å². The summed E-state index contributed by atoms with van der Waals surface area (Å²) in [6.45, 7) is 47.5. The molecule has 0 aromatic heterocycles. The van der Waals surface area contributed by atoms with Crippen LogP contribution in [0.2, 0.25) is 0 Å². The first-order valence-electron chi connectivity index (χ1n) is 44.7. The van der Waals surface area contributed by atoms with Crippen LogP contribution in [-0.4, -0.2) is 98.2 Å². The van der Waals surface area contributed by atoms with Crippen molar-refractivity contribution in [1.82, 2.24) is 0 Å². The standard InChI is InChI=1S/C38H50O7.C31H48O4.C30H46O4/c1-33(2)27-12-15-38(7)29(36(27,5)14-13-28(33)45-31(42)23-11-9-8-10-22(23)30(40)41)26(39)20-24-25-21-35(4,32(43)44)17-16-34(25,3)18-19-37(24,38)6;1-26(2)22-9-12-31(7)24(29(22,5)11-10-23(26)33)21(32)17-19-20-18-28(4,25(34)35-8)14-13-27(20,3)15-16-30(19,31)6;1-25(2)21-8-11-30(7)23(28(21,5)10-9-22(25)32)20(31)16-18-19-17-27(4,24(33)34)13-12-26(19,3)14-15-29(18,30)6/h8-11,20,25,27-29H,12-19,21H2,1-7H3,(H,40,41)(H,43,44);17,20,22-24,33H,9-16,18H2,1-8H3;16,19,21-23,32H,8-15,17H2,1-7H3,(H,33,34)/t25-,27-,28-,29+,34+,35-,36-,37+,38+;20-,22-,23-,24+,27+,28-,29-,30+,31+;19-,21-,22-,23+,26+,27-,28-,29+,30+/m000/s1. The van der Waals surface area contributed by atoms with Crippen LogP contribution in [-0.2, 0) is 38.2 Å². The van der Waals surface area contributed by atoms with Gasteiger partial charge in [0.25, 0.3) is 0 Å². The summed E-state index contributed by atoms with van der Waals surface area (Å²) >= 11 is 0. The van der Waals surface area contributed by atoms with Crippen molar-refractivity contribution in [2.75, 3.05) is 7.11 Å². The molecule has 0 radical (unpaired) electrons. The number of carbonyl (C=O) groups excluding carboxylic acids is 5. The van der Waals surface area contributed by atoms with Gasteiger partial charge in [0.05, 0.1) is 46.7 Å². The fourth-order valence-corrected chi connectivity index (χ4v) is 32.6. The number of aliphatic hydroxyl groups excluding tert-OH is 2. The molecule has 0 unspecified atom stereocenters. The quantitative estimate of drug-likeness (QED) is 0.166. The zero-order valence-electron chi connectivity index (χ0n) is 73.9. The van der Waals surface area contributed by atoms with Gasteiger partial charge >= 0.3 is 29.8 Å². The largest absolute Gasteiger partial charge is 0.481 e. The number of allylic oxidation sites excluding steroid dienone is 6. The van der Waals surface area contributed by atoms with Crippen molar-refractivity contribution in [2.45, 2.75) is 337 Å². The second-order valence-corrected chi connectivity index (χ2v) is 47.2. The Morgan fingerprint density at radius 2 is 0.675 bits per heavy atom.